The van der Waals surface area contributed by atoms with E-state index in [4.69, 9.17) is 16.9 Å². The van der Waals surface area contributed by atoms with E-state index in [0.717, 1.165) is 21.7 Å². The number of hydrogen-bond acceptors (Lipinski definition) is 1. The van der Waals surface area contributed by atoms with Gasteiger partial charge in [-0.25, -0.2) is 0 Å². The fourth-order valence-electron chi connectivity index (χ4n) is 1.31. The largest absolute Gasteiger partial charge is 0.193 e. The number of hydrogen-bond donors (Lipinski definition) is 0. The van der Waals surface area contributed by atoms with E-state index >= 15 is 0 Å². The average molecular weight is 192 g/mol. The number of rotatable bonds is 1. The molecule has 1 nitrogen and oxygen atoms in total. The van der Waals surface area contributed by atoms with Crippen molar-refractivity contribution in [2.45, 2.75) is 13.8 Å². The third-order valence-electron chi connectivity index (χ3n) is 1.88. The van der Waals surface area contributed by atoms with E-state index < -0.39 is 0 Å². The normalized spacial score (nSPS) is 10.3. The van der Waals surface area contributed by atoms with E-state index in [1.54, 1.807) is 6.08 Å². The fraction of sp³-hybridized carbons (Fsp3) is 0.182. The number of benzene rings is 1. The predicted molar refractivity (Wildman–Crippen MR) is 55.6 cm³/mol. The van der Waals surface area contributed by atoms with Gasteiger partial charge in [0.1, 0.15) is 0 Å². The van der Waals surface area contributed by atoms with Gasteiger partial charge in [-0.1, -0.05) is 11.6 Å². The SMILES string of the molecule is Cc1cc(Cl)cc(C)c1C=CC#N. The van der Waals surface area contributed by atoms with Gasteiger partial charge in [-0.15, -0.1) is 0 Å². The van der Waals surface area contributed by atoms with Gasteiger partial charge in [0.2, 0.25) is 0 Å². The van der Waals surface area contributed by atoms with Crippen molar-refractivity contribution in [1.82, 2.24) is 0 Å². The molecule has 0 unspecified atom stereocenters. The summed E-state index contributed by atoms with van der Waals surface area (Å²) in [6.45, 7) is 3.96. The molecule has 0 aliphatic heterocycles. The van der Waals surface area contributed by atoms with Gasteiger partial charge in [-0.3, -0.25) is 0 Å². The van der Waals surface area contributed by atoms with Gasteiger partial charge in [-0.2, -0.15) is 5.26 Å². The van der Waals surface area contributed by atoms with E-state index in [0.29, 0.717) is 0 Å². The summed E-state index contributed by atoms with van der Waals surface area (Å²) in [7, 11) is 0. The van der Waals surface area contributed by atoms with Crippen molar-refractivity contribution in [3.05, 3.63) is 39.9 Å². The Morgan fingerprint density at radius 2 is 1.85 bits per heavy atom. The molecule has 0 saturated carbocycles. The second-order valence-electron chi connectivity index (χ2n) is 2.92. The first-order valence-electron chi connectivity index (χ1n) is 3.98. The molecule has 0 aromatic heterocycles. The summed E-state index contributed by atoms with van der Waals surface area (Å²) in [6.07, 6.45) is 3.28. The van der Waals surface area contributed by atoms with Gasteiger partial charge in [-0.05, 0) is 48.7 Å². The fourth-order valence-corrected chi connectivity index (χ4v) is 1.63. The second kappa shape index (κ2) is 4.11. The number of aryl methyl sites for hydroxylation is 2. The van der Waals surface area contributed by atoms with E-state index in [9.17, 15) is 0 Å². The van der Waals surface area contributed by atoms with Gasteiger partial charge in [0.15, 0.2) is 0 Å². The van der Waals surface area contributed by atoms with Crippen molar-refractivity contribution in [2.75, 3.05) is 0 Å². The van der Waals surface area contributed by atoms with Gasteiger partial charge in [0.05, 0.1) is 6.07 Å². The molecule has 2 heteroatoms. The lowest BCUT2D eigenvalue weighted by Crippen LogP contribution is -1.85. The molecule has 0 saturated heterocycles. The van der Waals surface area contributed by atoms with Crippen LogP contribution in [0, 0.1) is 25.2 Å². The topological polar surface area (TPSA) is 23.8 Å². The Kier molecular flexibility index (Phi) is 3.11. The molecule has 0 bridgehead atoms. The van der Waals surface area contributed by atoms with E-state index in [-0.39, 0.29) is 0 Å². The third kappa shape index (κ3) is 2.34. The summed E-state index contributed by atoms with van der Waals surface area (Å²) >= 11 is 5.87. The molecular weight excluding hydrogens is 182 g/mol. The first-order valence-corrected chi connectivity index (χ1v) is 4.36. The quantitative estimate of drug-likeness (QED) is 0.624. The van der Waals surface area contributed by atoms with Crippen molar-refractivity contribution in [1.29, 1.82) is 5.26 Å². The van der Waals surface area contributed by atoms with Gasteiger partial charge >= 0.3 is 0 Å². The number of nitriles is 1. The summed E-state index contributed by atoms with van der Waals surface area (Å²) in [5, 5.41) is 9.14. The molecule has 0 aliphatic carbocycles. The highest BCUT2D eigenvalue weighted by Gasteiger charge is 2.00. The molecule has 0 heterocycles. The van der Waals surface area contributed by atoms with Crippen LogP contribution < -0.4 is 0 Å². The number of halogens is 1. The number of nitrogens with zero attached hydrogens (tertiary/aromatic N) is 1. The lowest BCUT2D eigenvalue weighted by atomic mass is 10.0. The Hall–Kier alpha value is -1.26. The summed E-state index contributed by atoms with van der Waals surface area (Å²) in [5.74, 6) is 0. The third-order valence-corrected chi connectivity index (χ3v) is 2.10. The summed E-state index contributed by atoms with van der Waals surface area (Å²) in [4.78, 5) is 0. The first kappa shape index (κ1) is 9.83. The maximum atomic E-state index is 8.40. The summed E-state index contributed by atoms with van der Waals surface area (Å²) in [5.41, 5.74) is 3.26. The van der Waals surface area contributed by atoms with E-state index in [1.165, 1.54) is 6.08 Å². The maximum Gasteiger partial charge on any atom is 0.0912 e. The molecule has 0 spiro atoms. The van der Waals surface area contributed by atoms with E-state index in [2.05, 4.69) is 0 Å². The molecule has 1 rings (SSSR count). The Balaban J connectivity index is 3.22. The maximum absolute atomic E-state index is 8.40. The Morgan fingerprint density at radius 1 is 1.31 bits per heavy atom. The summed E-state index contributed by atoms with van der Waals surface area (Å²) in [6, 6.07) is 5.76. The highest BCUT2D eigenvalue weighted by Crippen LogP contribution is 2.20. The second-order valence-corrected chi connectivity index (χ2v) is 3.35. The molecule has 0 atom stereocenters. The van der Waals surface area contributed by atoms with Crippen LogP contribution in [-0.4, -0.2) is 0 Å². The van der Waals surface area contributed by atoms with Gasteiger partial charge in [0.25, 0.3) is 0 Å². The van der Waals surface area contributed by atoms with Gasteiger partial charge < -0.3 is 0 Å². The molecule has 0 aliphatic rings. The van der Waals surface area contributed by atoms with Crippen LogP contribution in [0.3, 0.4) is 0 Å². The van der Waals surface area contributed by atoms with Crippen LogP contribution >= 0.6 is 11.6 Å². The molecule has 0 fully saturated rings. The van der Waals surface area contributed by atoms with Crippen LogP contribution in [0.2, 0.25) is 5.02 Å². The van der Waals surface area contributed by atoms with Crippen LogP contribution in [-0.2, 0) is 0 Å². The molecule has 0 N–H and O–H groups in total. The highest BCUT2D eigenvalue weighted by molar-refractivity contribution is 6.30. The Morgan fingerprint density at radius 3 is 2.31 bits per heavy atom. The minimum absolute atomic E-state index is 0.740. The number of allylic oxidation sites excluding steroid dienone is 1. The van der Waals surface area contributed by atoms with Crippen molar-refractivity contribution in [3.63, 3.8) is 0 Å². The lowest BCUT2D eigenvalue weighted by Gasteiger charge is -2.04. The predicted octanol–water partition coefficient (Wildman–Crippen LogP) is 3.49. The average Bonchev–Trinajstić information content (AvgIpc) is 2.02. The monoisotopic (exact) mass is 191 g/mol. The van der Waals surface area contributed by atoms with Crippen molar-refractivity contribution >= 4 is 17.7 Å². The molecule has 66 valence electrons. The molecule has 13 heavy (non-hydrogen) atoms. The minimum Gasteiger partial charge on any atom is -0.193 e. The van der Waals surface area contributed by atoms with Crippen molar-refractivity contribution in [2.24, 2.45) is 0 Å². The van der Waals surface area contributed by atoms with Gasteiger partial charge in [0, 0.05) is 11.1 Å². The van der Waals surface area contributed by atoms with E-state index in [1.807, 2.05) is 32.0 Å². The van der Waals surface area contributed by atoms with Crippen molar-refractivity contribution in [3.8, 4) is 6.07 Å². The van der Waals surface area contributed by atoms with Crippen LogP contribution in [0.15, 0.2) is 18.2 Å². The smallest absolute Gasteiger partial charge is 0.0912 e. The van der Waals surface area contributed by atoms with Crippen molar-refractivity contribution < 1.29 is 0 Å². The minimum atomic E-state index is 0.740. The zero-order chi connectivity index (χ0) is 9.84. The Bertz CT molecular complexity index is 363. The van der Waals surface area contributed by atoms with Crippen LogP contribution in [0.5, 0.6) is 0 Å². The highest BCUT2D eigenvalue weighted by atomic mass is 35.5. The summed E-state index contributed by atoms with van der Waals surface area (Å²) < 4.78 is 0. The standard InChI is InChI=1S/C11H10ClN/c1-8-6-10(12)7-9(2)11(8)4-3-5-13/h3-4,6-7H,1-2H3. The van der Waals surface area contributed by atoms with Crippen LogP contribution in [0.1, 0.15) is 16.7 Å². The molecular formula is C11H10ClN. The zero-order valence-corrected chi connectivity index (χ0v) is 8.39. The molecule has 1 aromatic rings. The molecule has 0 amide bonds. The molecule has 1 aromatic carbocycles. The Labute approximate surface area is 83.3 Å². The molecule has 0 radical (unpaired) electrons. The van der Waals surface area contributed by atoms with Crippen LogP contribution in [0.4, 0.5) is 0 Å². The zero-order valence-electron chi connectivity index (χ0n) is 7.63. The first-order chi connectivity index (χ1) is 6.15. The van der Waals surface area contributed by atoms with Crippen LogP contribution in [0.25, 0.3) is 6.08 Å². The lowest BCUT2D eigenvalue weighted by molar-refractivity contribution is 1.36.